The molecule has 0 aliphatic carbocycles. The molecular weight excluding hydrogens is 448 g/mol. The maximum Gasteiger partial charge on any atom is 0.237 e. The molecule has 0 saturated carbocycles. The van der Waals surface area contributed by atoms with E-state index < -0.39 is 6.10 Å². The van der Waals surface area contributed by atoms with Crippen molar-refractivity contribution in [2.45, 2.75) is 17.7 Å². The standard InChI is InChI=1S/C26H22N4O3S/c31-24(29-15-14-18-8-4-5-11-20(18)29)17-34-26-28-27-25(30(26)19-9-2-1-3-10-19)23-16-32-21-12-6-7-13-22(21)33-23/h1-13,23H,14-17H2/t23-/m1/s1. The minimum absolute atomic E-state index is 0.0605. The molecule has 1 amide bonds. The topological polar surface area (TPSA) is 69.5 Å². The summed E-state index contributed by atoms with van der Waals surface area (Å²) in [4.78, 5) is 14.9. The van der Waals surface area contributed by atoms with Gasteiger partial charge in [0.2, 0.25) is 5.91 Å². The molecule has 8 heteroatoms. The van der Waals surface area contributed by atoms with E-state index in [1.807, 2.05) is 82.3 Å². The van der Waals surface area contributed by atoms with Crippen LogP contribution in [0.25, 0.3) is 5.69 Å². The van der Waals surface area contributed by atoms with E-state index in [-0.39, 0.29) is 11.7 Å². The Morgan fingerprint density at radius 3 is 2.59 bits per heavy atom. The van der Waals surface area contributed by atoms with Gasteiger partial charge in [-0.25, -0.2) is 0 Å². The van der Waals surface area contributed by atoms with Crippen LogP contribution >= 0.6 is 11.8 Å². The first-order chi connectivity index (χ1) is 16.8. The van der Waals surface area contributed by atoms with E-state index in [0.717, 1.165) is 23.5 Å². The highest BCUT2D eigenvalue weighted by molar-refractivity contribution is 7.99. The van der Waals surface area contributed by atoms with E-state index in [0.29, 0.717) is 29.9 Å². The van der Waals surface area contributed by atoms with E-state index in [9.17, 15) is 4.79 Å². The molecule has 0 fully saturated rings. The Balaban J connectivity index is 1.27. The number of nitrogens with zero attached hydrogens (tertiary/aromatic N) is 4. The van der Waals surface area contributed by atoms with Crippen LogP contribution in [0.2, 0.25) is 0 Å². The Labute approximate surface area is 201 Å². The second-order valence-electron chi connectivity index (χ2n) is 8.09. The molecule has 7 nitrogen and oxygen atoms in total. The highest BCUT2D eigenvalue weighted by Gasteiger charge is 2.30. The van der Waals surface area contributed by atoms with Gasteiger partial charge >= 0.3 is 0 Å². The number of hydrogen-bond donors (Lipinski definition) is 0. The van der Waals surface area contributed by atoms with Gasteiger partial charge < -0.3 is 14.4 Å². The number of para-hydroxylation sites is 4. The van der Waals surface area contributed by atoms with Crippen molar-refractivity contribution >= 4 is 23.4 Å². The molecule has 6 rings (SSSR count). The summed E-state index contributed by atoms with van der Waals surface area (Å²) in [7, 11) is 0. The summed E-state index contributed by atoms with van der Waals surface area (Å²) in [6, 6.07) is 25.6. The summed E-state index contributed by atoms with van der Waals surface area (Å²) in [5.41, 5.74) is 3.13. The lowest BCUT2D eigenvalue weighted by atomic mass is 10.2. The Kier molecular flexibility index (Phi) is 5.43. The lowest BCUT2D eigenvalue weighted by Crippen LogP contribution is -2.30. The molecule has 0 N–H and O–H groups in total. The molecule has 1 atom stereocenters. The fraction of sp³-hybridized carbons (Fsp3) is 0.192. The monoisotopic (exact) mass is 470 g/mol. The second-order valence-corrected chi connectivity index (χ2v) is 9.03. The fourth-order valence-electron chi connectivity index (χ4n) is 4.35. The number of hydrogen-bond acceptors (Lipinski definition) is 6. The number of aromatic nitrogens is 3. The number of thioether (sulfide) groups is 1. The quantitative estimate of drug-likeness (QED) is 0.401. The van der Waals surface area contributed by atoms with E-state index in [1.165, 1.54) is 17.3 Å². The predicted octanol–water partition coefficient (Wildman–Crippen LogP) is 4.46. The zero-order valence-corrected chi connectivity index (χ0v) is 19.1. The number of benzene rings is 3. The molecule has 0 bridgehead atoms. The molecule has 2 aliphatic rings. The molecule has 34 heavy (non-hydrogen) atoms. The van der Waals surface area contributed by atoms with E-state index >= 15 is 0 Å². The van der Waals surface area contributed by atoms with Gasteiger partial charge in [0.1, 0.15) is 6.61 Å². The normalized spacial score (nSPS) is 16.4. The van der Waals surface area contributed by atoms with Gasteiger partial charge in [0.05, 0.1) is 5.75 Å². The SMILES string of the molecule is O=C(CSc1nnc([C@H]2COc3ccccc3O2)n1-c1ccccc1)N1CCc2ccccc21. The van der Waals surface area contributed by atoms with Crippen molar-refractivity contribution < 1.29 is 14.3 Å². The summed E-state index contributed by atoms with van der Waals surface area (Å²) in [5.74, 6) is 2.37. The maximum absolute atomic E-state index is 13.1. The van der Waals surface area contributed by atoms with Crippen LogP contribution in [0, 0.1) is 0 Å². The van der Waals surface area contributed by atoms with Crippen molar-refractivity contribution in [1.29, 1.82) is 0 Å². The van der Waals surface area contributed by atoms with Crippen molar-refractivity contribution in [3.8, 4) is 17.2 Å². The highest BCUT2D eigenvalue weighted by Crippen LogP contribution is 2.37. The van der Waals surface area contributed by atoms with Crippen LogP contribution in [0.3, 0.4) is 0 Å². The minimum Gasteiger partial charge on any atom is -0.485 e. The number of carbonyl (C=O) groups is 1. The smallest absolute Gasteiger partial charge is 0.237 e. The van der Waals surface area contributed by atoms with Gasteiger partial charge in [0.15, 0.2) is 28.6 Å². The van der Waals surface area contributed by atoms with Crippen molar-refractivity contribution in [2.75, 3.05) is 23.8 Å². The fourth-order valence-corrected chi connectivity index (χ4v) is 5.19. The summed E-state index contributed by atoms with van der Waals surface area (Å²) >= 11 is 1.38. The van der Waals surface area contributed by atoms with Gasteiger partial charge in [-0.2, -0.15) is 0 Å². The zero-order valence-electron chi connectivity index (χ0n) is 18.3. The van der Waals surface area contributed by atoms with Crippen molar-refractivity contribution in [2.24, 2.45) is 0 Å². The third-order valence-electron chi connectivity index (χ3n) is 5.98. The van der Waals surface area contributed by atoms with Gasteiger partial charge in [0.25, 0.3) is 0 Å². The Morgan fingerprint density at radius 2 is 1.71 bits per heavy atom. The predicted molar refractivity (Wildman–Crippen MR) is 130 cm³/mol. The van der Waals surface area contributed by atoms with Crippen LogP contribution < -0.4 is 14.4 Å². The third kappa shape index (κ3) is 3.80. The van der Waals surface area contributed by atoms with Crippen LogP contribution in [0.4, 0.5) is 5.69 Å². The number of anilines is 1. The number of ether oxygens (including phenoxy) is 2. The van der Waals surface area contributed by atoms with Gasteiger partial charge in [-0.05, 0) is 42.3 Å². The second kappa shape index (κ2) is 8.87. The Bertz CT molecular complexity index is 1340. The maximum atomic E-state index is 13.1. The molecular formula is C26H22N4O3S. The molecule has 1 aromatic heterocycles. The van der Waals surface area contributed by atoms with E-state index in [1.54, 1.807) is 0 Å². The van der Waals surface area contributed by atoms with Crippen LogP contribution in [0.1, 0.15) is 17.5 Å². The average molecular weight is 471 g/mol. The zero-order chi connectivity index (χ0) is 22.9. The summed E-state index contributed by atoms with van der Waals surface area (Å²) < 4.78 is 14.1. The first-order valence-electron chi connectivity index (χ1n) is 11.2. The van der Waals surface area contributed by atoms with Crippen LogP contribution in [-0.4, -0.2) is 39.6 Å². The van der Waals surface area contributed by atoms with E-state index in [4.69, 9.17) is 9.47 Å². The van der Waals surface area contributed by atoms with Crippen molar-refractivity contribution in [1.82, 2.24) is 14.8 Å². The molecule has 0 spiro atoms. The largest absolute Gasteiger partial charge is 0.485 e. The molecule has 3 heterocycles. The Morgan fingerprint density at radius 1 is 0.941 bits per heavy atom. The van der Waals surface area contributed by atoms with Crippen LogP contribution in [0.5, 0.6) is 11.5 Å². The molecule has 0 saturated heterocycles. The van der Waals surface area contributed by atoms with Gasteiger partial charge in [-0.1, -0.05) is 60.3 Å². The average Bonchev–Trinajstić information content (AvgIpc) is 3.52. The molecule has 0 radical (unpaired) electrons. The highest BCUT2D eigenvalue weighted by atomic mass is 32.2. The van der Waals surface area contributed by atoms with Crippen molar-refractivity contribution in [3.63, 3.8) is 0 Å². The summed E-state index contributed by atoms with van der Waals surface area (Å²) in [5, 5.41) is 9.54. The lowest BCUT2D eigenvalue weighted by Gasteiger charge is -2.26. The molecule has 2 aliphatic heterocycles. The molecule has 3 aromatic carbocycles. The molecule has 170 valence electrons. The first kappa shape index (κ1) is 20.8. The number of carbonyl (C=O) groups excluding carboxylic acids is 1. The third-order valence-corrected chi connectivity index (χ3v) is 6.90. The lowest BCUT2D eigenvalue weighted by molar-refractivity contribution is -0.116. The molecule has 4 aromatic rings. The van der Waals surface area contributed by atoms with E-state index in [2.05, 4.69) is 16.3 Å². The minimum atomic E-state index is -0.418. The summed E-state index contributed by atoms with van der Waals surface area (Å²) in [6.45, 7) is 1.04. The van der Waals surface area contributed by atoms with Crippen molar-refractivity contribution in [3.05, 3.63) is 90.3 Å². The van der Waals surface area contributed by atoms with Crippen LogP contribution in [0.15, 0.2) is 84.0 Å². The van der Waals surface area contributed by atoms with Crippen LogP contribution in [-0.2, 0) is 11.2 Å². The van der Waals surface area contributed by atoms with Gasteiger partial charge in [0, 0.05) is 17.9 Å². The van der Waals surface area contributed by atoms with Gasteiger partial charge in [-0.3, -0.25) is 9.36 Å². The first-order valence-corrected chi connectivity index (χ1v) is 12.2. The number of fused-ring (bicyclic) bond motifs is 2. The number of amides is 1. The van der Waals surface area contributed by atoms with Gasteiger partial charge in [-0.15, -0.1) is 10.2 Å². The Hall–Kier alpha value is -3.78. The summed E-state index contributed by atoms with van der Waals surface area (Å²) in [6.07, 6.45) is 0.468. The number of rotatable bonds is 5. The molecule has 0 unspecified atom stereocenters.